The van der Waals surface area contributed by atoms with Crippen LogP contribution in [-0.2, 0) is 12.8 Å². The van der Waals surface area contributed by atoms with Crippen molar-refractivity contribution in [1.82, 2.24) is 4.98 Å². The largest absolute Gasteiger partial charge is 0.311 e. The highest BCUT2D eigenvalue weighted by Crippen LogP contribution is 2.44. The highest BCUT2D eigenvalue weighted by atomic mass is 32.1. The molecule has 2 nitrogen and oxygen atoms in total. The van der Waals surface area contributed by atoms with E-state index in [1.807, 2.05) is 11.3 Å². The van der Waals surface area contributed by atoms with Crippen LogP contribution in [0.1, 0.15) is 87.4 Å². The number of thiazole rings is 1. The molecule has 4 heteroatoms. The minimum absolute atomic E-state index is 1.02. The Morgan fingerprint density at radius 2 is 1.01 bits per heavy atom. The Bertz CT molecular complexity index is 3370. The molecule has 0 aliphatic heterocycles. The third-order valence-corrected chi connectivity index (χ3v) is 15.6. The van der Waals surface area contributed by atoms with Gasteiger partial charge >= 0.3 is 0 Å². The van der Waals surface area contributed by atoms with E-state index < -0.39 is 0 Å². The zero-order valence-corrected chi connectivity index (χ0v) is 44.6. The molecular weight excluding hydrogens is 909 g/mol. The molecule has 0 radical (unpaired) electrons. The molecule has 2 aromatic heterocycles. The van der Waals surface area contributed by atoms with Gasteiger partial charge in [-0.25, -0.2) is 4.98 Å². The van der Waals surface area contributed by atoms with E-state index in [1.165, 1.54) is 101 Å². The van der Waals surface area contributed by atoms with E-state index in [0.29, 0.717) is 0 Å². The Kier molecular flexibility index (Phi) is 17.2. The van der Waals surface area contributed by atoms with Crippen molar-refractivity contribution in [1.29, 1.82) is 0 Å². The first-order valence-corrected chi connectivity index (χ1v) is 27.1. The van der Waals surface area contributed by atoms with Crippen molar-refractivity contribution in [2.75, 3.05) is 4.90 Å². The Labute approximate surface area is 437 Å². The van der Waals surface area contributed by atoms with Gasteiger partial charge in [0.2, 0.25) is 0 Å². The Balaban J connectivity index is 0.000000329. The molecule has 0 atom stereocenters. The van der Waals surface area contributed by atoms with Gasteiger partial charge in [0.05, 0.1) is 10.2 Å². The highest BCUT2D eigenvalue weighted by Gasteiger charge is 2.19. The number of nitrogens with zero attached hydrogens (tertiary/aromatic N) is 2. The number of anilines is 3. The number of benzene rings is 8. The van der Waals surface area contributed by atoms with E-state index >= 15 is 0 Å². The van der Waals surface area contributed by atoms with Crippen LogP contribution >= 0.6 is 22.7 Å². The first-order valence-electron chi connectivity index (χ1n) is 25.5. The first-order chi connectivity index (χ1) is 35.3. The molecule has 8 aromatic carbocycles. The number of terminal acetylenes is 1. The van der Waals surface area contributed by atoms with Crippen molar-refractivity contribution in [3.05, 3.63) is 221 Å². The van der Waals surface area contributed by atoms with Gasteiger partial charge in [0.25, 0.3) is 0 Å². The Morgan fingerprint density at radius 1 is 0.486 bits per heavy atom. The fourth-order valence-electron chi connectivity index (χ4n) is 9.79. The normalized spacial score (nSPS) is 10.8. The lowest BCUT2D eigenvalue weighted by Crippen LogP contribution is -2.09. The average Bonchev–Trinajstić information content (AvgIpc) is 4.01. The van der Waals surface area contributed by atoms with Gasteiger partial charge in [-0.3, -0.25) is 0 Å². The SMILES string of the molecule is C#C.CCCC(=C(C)C)c1ccccc1CCC.CCCc1c(C)sc2c(-c3ccc(-c4ccc(-c5ccc(C)cc5)c5sc(-c6ccc(N(c7ccccc7)c7ccccc7)cc6)nc45)cc3)cccc12. The zero-order valence-electron chi connectivity index (χ0n) is 43.0. The predicted molar refractivity (Wildman–Crippen MR) is 318 cm³/mol. The minimum Gasteiger partial charge on any atom is -0.311 e. The fraction of sp³-hybridized carbons (Fsp3) is 0.191. The molecule has 0 saturated heterocycles. The monoisotopic (exact) mass is 974 g/mol. The molecule has 0 spiro atoms. The van der Waals surface area contributed by atoms with Crippen LogP contribution in [0.25, 0.3) is 69.8 Å². The smallest absolute Gasteiger partial charge is 0.124 e. The van der Waals surface area contributed by atoms with Crippen LogP contribution < -0.4 is 4.90 Å². The summed E-state index contributed by atoms with van der Waals surface area (Å²) in [6.45, 7) is 15.6. The number of rotatable bonds is 14. The maximum absolute atomic E-state index is 5.41. The molecule has 0 aliphatic rings. The molecule has 0 unspecified atom stereocenters. The summed E-state index contributed by atoms with van der Waals surface area (Å²) in [5.74, 6) is 0. The van der Waals surface area contributed by atoms with Crippen molar-refractivity contribution in [3.8, 4) is 56.8 Å². The number of thiophene rings is 1. The number of para-hydroxylation sites is 2. The molecule has 0 fully saturated rings. The predicted octanol–water partition coefficient (Wildman–Crippen LogP) is 20.7. The van der Waals surface area contributed by atoms with Crippen molar-refractivity contribution >= 4 is 65.6 Å². The van der Waals surface area contributed by atoms with E-state index in [-0.39, 0.29) is 0 Å². The summed E-state index contributed by atoms with van der Waals surface area (Å²) >= 11 is 3.71. The molecule has 10 aromatic rings. The second-order valence-electron chi connectivity index (χ2n) is 18.6. The topological polar surface area (TPSA) is 16.1 Å². The molecule has 360 valence electrons. The van der Waals surface area contributed by atoms with E-state index in [9.17, 15) is 0 Å². The van der Waals surface area contributed by atoms with Gasteiger partial charge in [0.1, 0.15) is 5.01 Å². The maximum atomic E-state index is 5.41. The summed E-state index contributed by atoms with van der Waals surface area (Å²) in [4.78, 5) is 9.14. The van der Waals surface area contributed by atoms with Gasteiger partial charge in [-0.1, -0.05) is 191 Å². The molecule has 0 amide bonds. The molecule has 72 heavy (non-hydrogen) atoms. The Hall–Kier alpha value is -7.29. The number of hydrogen-bond acceptors (Lipinski definition) is 4. The third-order valence-electron chi connectivity index (χ3n) is 13.3. The molecule has 2 heterocycles. The number of aromatic nitrogens is 1. The van der Waals surface area contributed by atoms with Crippen LogP contribution in [-0.4, -0.2) is 4.98 Å². The van der Waals surface area contributed by atoms with Crippen molar-refractivity contribution in [2.24, 2.45) is 0 Å². The summed E-state index contributed by atoms with van der Waals surface area (Å²) < 4.78 is 2.60. The van der Waals surface area contributed by atoms with E-state index in [4.69, 9.17) is 4.98 Å². The van der Waals surface area contributed by atoms with E-state index in [2.05, 4.69) is 254 Å². The van der Waals surface area contributed by atoms with Gasteiger partial charge in [-0.05, 0) is 145 Å². The lowest BCUT2D eigenvalue weighted by molar-refractivity contribution is 0.908. The van der Waals surface area contributed by atoms with Crippen LogP contribution in [0.4, 0.5) is 17.1 Å². The van der Waals surface area contributed by atoms with Gasteiger partial charge in [0, 0.05) is 43.3 Å². The minimum atomic E-state index is 1.02. The van der Waals surface area contributed by atoms with E-state index in [0.717, 1.165) is 51.6 Å². The van der Waals surface area contributed by atoms with Crippen LogP contribution in [0.3, 0.4) is 0 Å². The number of allylic oxidation sites excluding steroid dienone is 2. The van der Waals surface area contributed by atoms with E-state index in [1.54, 1.807) is 16.9 Å². The molecule has 0 saturated carbocycles. The molecule has 0 aliphatic carbocycles. The Morgan fingerprint density at radius 3 is 1.61 bits per heavy atom. The molecule has 0 bridgehead atoms. The van der Waals surface area contributed by atoms with Gasteiger partial charge in [-0.2, -0.15) is 0 Å². The van der Waals surface area contributed by atoms with Gasteiger partial charge in [-0.15, -0.1) is 35.5 Å². The van der Waals surface area contributed by atoms with Gasteiger partial charge in [0.15, 0.2) is 0 Å². The lowest BCUT2D eigenvalue weighted by atomic mass is 9.91. The fourth-order valence-corrected chi connectivity index (χ4v) is 12.2. The van der Waals surface area contributed by atoms with Crippen LogP contribution in [0.2, 0.25) is 0 Å². The second kappa shape index (κ2) is 24.2. The molecule has 10 rings (SSSR count). The number of aryl methyl sites for hydroxylation is 4. The summed E-state index contributed by atoms with van der Waals surface area (Å²) in [6, 6.07) is 68.1. The first kappa shape index (κ1) is 51.1. The summed E-state index contributed by atoms with van der Waals surface area (Å²) in [7, 11) is 0. The third kappa shape index (κ3) is 11.2. The maximum Gasteiger partial charge on any atom is 0.124 e. The zero-order chi connectivity index (χ0) is 50.6. The quantitative estimate of drug-likeness (QED) is 0.101. The van der Waals surface area contributed by atoms with Crippen LogP contribution in [0.15, 0.2) is 194 Å². The summed E-state index contributed by atoms with van der Waals surface area (Å²) in [6.07, 6.45) is 15.1. The average molecular weight is 975 g/mol. The lowest BCUT2D eigenvalue weighted by Gasteiger charge is -2.25. The molecular formula is C68H66N2S2. The summed E-state index contributed by atoms with van der Waals surface area (Å²) in [5, 5.41) is 2.42. The molecule has 0 N–H and O–H groups in total. The second-order valence-corrected chi connectivity index (χ2v) is 20.8. The van der Waals surface area contributed by atoms with Crippen LogP contribution in [0, 0.1) is 26.7 Å². The summed E-state index contributed by atoms with van der Waals surface area (Å²) in [5.41, 5.74) is 21.6. The standard InChI is InChI=1S/C50H40N2S2.C16H24.C2H2/c1-4-12-42-34(3)53-48-44(17-11-18-46(42)48)37-25-23-35(24-26-37)43-31-32-45(36-21-19-33(2)20-22-36)49-47(43)51-50(54-49)38-27-29-41(30-28-38)52(39-13-7-5-8-14-39)40-15-9-6-10-16-40;1-5-9-14-11-7-8-12-16(14)15(10-6-2)13(3)4;1-2/h5-11,13-32H,4,12H2,1-3H3;7-8,11-12H,5-6,9-10H2,1-4H3;1-2H. The van der Waals surface area contributed by atoms with Crippen molar-refractivity contribution < 1.29 is 0 Å². The van der Waals surface area contributed by atoms with Crippen molar-refractivity contribution in [2.45, 2.75) is 87.0 Å². The van der Waals surface area contributed by atoms with Crippen molar-refractivity contribution in [3.63, 3.8) is 0 Å². The number of fused-ring (bicyclic) bond motifs is 2. The number of hydrogen-bond donors (Lipinski definition) is 0. The van der Waals surface area contributed by atoms with Gasteiger partial charge < -0.3 is 4.90 Å². The highest BCUT2D eigenvalue weighted by molar-refractivity contribution is 7.22. The van der Waals surface area contributed by atoms with Crippen LogP contribution in [0.5, 0.6) is 0 Å².